The second kappa shape index (κ2) is 4.82. The van der Waals surface area contributed by atoms with E-state index in [4.69, 9.17) is 0 Å². The monoisotopic (exact) mass is 229 g/mol. The van der Waals surface area contributed by atoms with E-state index in [0.29, 0.717) is 5.69 Å². The normalized spacial score (nSPS) is 12.1. The molecule has 4 heteroatoms. The van der Waals surface area contributed by atoms with Gasteiger partial charge in [0.2, 0.25) is 0 Å². The number of imidazole rings is 1. The van der Waals surface area contributed by atoms with Gasteiger partial charge in [-0.15, -0.1) is 0 Å². The van der Waals surface area contributed by atoms with Gasteiger partial charge in [-0.3, -0.25) is 4.79 Å². The lowest BCUT2D eigenvalue weighted by molar-refractivity contribution is 0.0953. The van der Waals surface area contributed by atoms with Gasteiger partial charge in [0.05, 0.1) is 18.6 Å². The second-order valence-corrected chi connectivity index (χ2v) is 3.85. The third-order valence-corrected chi connectivity index (χ3v) is 2.82. The van der Waals surface area contributed by atoms with Crippen molar-refractivity contribution in [3.05, 3.63) is 54.1 Å². The van der Waals surface area contributed by atoms with E-state index in [1.54, 1.807) is 19.6 Å². The van der Waals surface area contributed by atoms with E-state index < -0.39 is 0 Å². The van der Waals surface area contributed by atoms with Crippen molar-refractivity contribution < 1.29 is 4.79 Å². The molecule has 2 aromatic rings. The predicted molar refractivity (Wildman–Crippen MR) is 65.9 cm³/mol. The van der Waals surface area contributed by atoms with Crippen molar-refractivity contribution in [2.75, 3.05) is 7.05 Å². The Bertz CT molecular complexity index is 504. The van der Waals surface area contributed by atoms with Gasteiger partial charge < -0.3 is 9.88 Å². The van der Waals surface area contributed by atoms with Crippen LogP contribution in [0.5, 0.6) is 0 Å². The van der Waals surface area contributed by atoms with Crippen molar-refractivity contribution in [1.29, 1.82) is 0 Å². The fourth-order valence-electron chi connectivity index (χ4n) is 1.81. The molecule has 0 unspecified atom stereocenters. The van der Waals surface area contributed by atoms with Crippen LogP contribution in [0, 0.1) is 0 Å². The average molecular weight is 229 g/mol. The lowest BCUT2D eigenvalue weighted by Gasteiger charge is -2.16. The van der Waals surface area contributed by atoms with Gasteiger partial charge >= 0.3 is 0 Å². The fourth-order valence-corrected chi connectivity index (χ4v) is 1.81. The van der Waals surface area contributed by atoms with Crippen molar-refractivity contribution in [3.63, 3.8) is 0 Å². The second-order valence-electron chi connectivity index (χ2n) is 3.85. The molecule has 17 heavy (non-hydrogen) atoms. The molecule has 1 atom stereocenters. The fraction of sp³-hybridized carbons (Fsp3) is 0.231. The quantitative estimate of drug-likeness (QED) is 0.873. The van der Waals surface area contributed by atoms with Crippen LogP contribution in [-0.4, -0.2) is 22.5 Å². The molecule has 0 radical (unpaired) electrons. The van der Waals surface area contributed by atoms with Crippen molar-refractivity contribution >= 4 is 5.91 Å². The molecule has 1 N–H and O–H groups in total. The Labute approximate surface area is 100 Å². The Hall–Kier alpha value is -2.10. The van der Waals surface area contributed by atoms with E-state index in [-0.39, 0.29) is 11.9 Å². The van der Waals surface area contributed by atoms with Crippen molar-refractivity contribution in [1.82, 2.24) is 14.9 Å². The Morgan fingerprint density at radius 2 is 2.06 bits per heavy atom. The van der Waals surface area contributed by atoms with E-state index in [1.165, 1.54) is 0 Å². The molecule has 88 valence electrons. The molecule has 0 saturated heterocycles. The molecular formula is C13H15N3O. The lowest BCUT2D eigenvalue weighted by Crippen LogP contribution is -2.23. The average Bonchev–Trinajstić information content (AvgIpc) is 2.87. The van der Waals surface area contributed by atoms with Crippen LogP contribution in [0.3, 0.4) is 0 Å². The molecule has 0 aliphatic heterocycles. The lowest BCUT2D eigenvalue weighted by atomic mass is 10.1. The molecule has 1 aromatic heterocycles. The summed E-state index contributed by atoms with van der Waals surface area (Å²) in [6.45, 7) is 2.05. The zero-order valence-electron chi connectivity index (χ0n) is 9.92. The van der Waals surface area contributed by atoms with E-state index in [2.05, 4.69) is 10.3 Å². The van der Waals surface area contributed by atoms with Crippen molar-refractivity contribution in [2.24, 2.45) is 0 Å². The van der Waals surface area contributed by atoms with Gasteiger partial charge in [-0.2, -0.15) is 0 Å². The highest BCUT2D eigenvalue weighted by Crippen LogP contribution is 2.19. The summed E-state index contributed by atoms with van der Waals surface area (Å²) in [5, 5.41) is 2.61. The molecule has 2 rings (SSSR count). The highest BCUT2D eigenvalue weighted by atomic mass is 16.1. The Morgan fingerprint density at radius 3 is 2.71 bits per heavy atom. The van der Waals surface area contributed by atoms with E-state index in [0.717, 1.165) is 5.56 Å². The standard InChI is InChI=1S/C13H15N3O/c1-10(11-6-4-3-5-7-11)16-9-15-8-12(16)13(17)14-2/h3-10H,1-2H3,(H,14,17)/t10-/m1/s1. The molecular weight excluding hydrogens is 214 g/mol. The Balaban J connectivity index is 2.35. The number of carbonyl (C=O) groups is 1. The third-order valence-electron chi connectivity index (χ3n) is 2.82. The third kappa shape index (κ3) is 2.20. The maximum Gasteiger partial charge on any atom is 0.269 e. The maximum absolute atomic E-state index is 11.7. The van der Waals surface area contributed by atoms with Gasteiger partial charge in [0.1, 0.15) is 5.69 Å². The van der Waals surface area contributed by atoms with Crippen LogP contribution in [0.2, 0.25) is 0 Å². The molecule has 0 spiro atoms. The smallest absolute Gasteiger partial charge is 0.269 e. The summed E-state index contributed by atoms with van der Waals surface area (Å²) >= 11 is 0. The zero-order valence-corrected chi connectivity index (χ0v) is 9.92. The highest BCUT2D eigenvalue weighted by molar-refractivity contribution is 5.92. The van der Waals surface area contributed by atoms with Gasteiger partial charge in [0.15, 0.2) is 0 Å². The molecule has 1 aromatic carbocycles. The largest absolute Gasteiger partial charge is 0.354 e. The molecule has 1 amide bonds. The van der Waals surface area contributed by atoms with Gasteiger partial charge in [0, 0.05) is 7.05 Å². The number of nitrogens with one attached hydrogen (secondary N) is 1. The summed E-state index contributed by atoms with van der Waals surface area (Å²) in [7, 11) is 1.62. The van der Waals surface area contributed by atoms with Crippen LogP contribution in [0.4, 0.5) is 0 Å². The Kier molecular flexibility index (Phi) is 3.23. The minimum atomic E-state index is -0.120. The van der Waals surface area contributed by atoms with Crippen LogP contribution in [-0.2, 0) is 0 Å². The molecule has 1 heterocycles. The molecule has 0 fully saturated rings. The van der Waals surface area contributed by atoms with E-state index >= 15 is 0 Å². The summed E-state index contributed by atoms with van der Waals surface area (Å²) in [4.78, 5) is 15.7. The topological polar surface area (TPSA) is 46.9 Å². The first kappa shape index (κ1) is 11.4. The number of benzene rings is 1. The Morgan fingerprint density at radius 1 is 1.35 bits per heavy atom. The molecule has 0 aliphatic rings. The van der Waals surface area contributed by atoms with E-state index in [1.807, 2.05) is 41.8 Å². The summed E-state index contributed by atoms with van der Waals surface area (Å²) in [6.07, 6.45) is 3.26. The predicted octanol–water partition coefficient (Wildman–Crippen LogP) is 1.85. The first-order valence-electron chi connectivity index (χ1n) is 5.53. The van der Waals surface area contributed by atoms with Crippen LogP contribution in [0.25, 0.3) is 0 Å². The van der Waals surface area contributed by atoms with Gasteiger partial charge in [-0.1, -0.05) is 30.3 Å². The van der Waals surface area contributed by atoms with E-state index in [9.17, 15) is 4.79 Å². The number of aromatic nitrogens is 2. The van der Waals surface area contributed by atoms with Crippen molar-refractivity contribution in [3.8, 4) is 0 Å². The first-order valence-corrected chi connectivity index (χ1v) is 5.53. The molecule has 0 aliphatic carbocycles. The number of hydrogen-bond acceptors (Lipinski definition) is 2. The van der Waals surface area contributed by atoms with Crippen LogP contribution in [0.1, 0.15) is 29.0 Å². The summed E-state index contributed by atoms with van der Waals surface area (Å²) in [6, 6.07) is 10.1. The number of rotatable bonds is 3. The van der Waals surface area contributed by atoms with Crippen LogP contribution < -0.4 is 5.32 Å². The SMILES string of the molecule is CNC(=O)c1cncn1[C@H](C)c1ccccc1. The molecule has 4 nitrogen and oxygen atoms in total. The first-order chi connectivity index (χ1) is 8.24. The summed E-state index contributed by atoms with van der Waals surface area (Å²) in [5.41, 5.74) is 1.72. The van der Waals surface area contributed by atoms with Gasteiger partial charge in [-0.05, 0) is 12.5 Å². The number of hydrogen-bond donors (Lipinski definition) is 1. The molecule has 0 bridgehead atoms. The summed E-state index contributed by atoms with van der Waals surface area (Å²) in [5.74, 6) is -0.120. The molecule has 0 saturated carbocycles. The van der Waals surface area contributed by atoms with Crippen LogP contribution in [0.15, 0.2) is 42.9 Å². The van der Waals surface area contributed by atoms with Gasteiger partial charge in [0.25, 0.3) is 5.91 Å². The maximum atomic E-state index is 11.7. The zero-order chi connectivity index (χ0) is 12.3. The summed E-state index contributed by atoms with van der Waals surface area (Å²) < 4.78 is 1.87. The number of carbonyl (C=O) groups excluding carboxylic acids is 1. The highest BCUT2D eigenvalue weighted by Gasteiger charge is 2.15. The van der Waals surface area contributed by atoms with Gasteiger partial charge in [-0.25, -0.2) is 4.98 Å². The minimum Gasteiger partial charge on any atom is -0.354 e. The minimum absolute atomic E-state index is 0.0889. The van der Waals surface area contributed by atoms with Crippen LogP contribution >= 0.6 is 0 Å². The number of nitrogens with zero attached hydrogens (tertiary/aromatic N) is 2. The number of amides is 1. The van der Waals surface area contributed by atoms with Crippen molar-refractivity contribution in [2.45, 2.75) is 13.0 Å².